The smallest absolute Gasteiger partial charge is 0.251 e. The van der Waals surface area contributed by atoms with Gasteiger partial charge < -0.3 is 10.6 Å². The summed E-state index contributed by atoms with van der Waals surface area (Å²) in [5.74, 6) is -0.259. The minimum Gasteiger partial charge on any atom is -0.355 e. The highest BCUT2D eigenvalue weighted by molar-refractivity contribution is 5.94. The third kappa shape index (κ3) is 4.08. The summed E-state index contributed by atoms with van der Waals surface area (Å²) in [7, 11) is 0. The van der Waals surface area contributed by atoms with Gasteiger partial charge in [-0.15, -0.1) is 0 Å². The first-order valence-electron chi connectivity index (χ1n) is 5.05. The van der Waals surface area contributed by atoms with Gasteiger partial charge in [0.15, 0.2) is 0 Å². The fourth-order valence-electron chi connectivity index (χ4n) is 1.20. The molecule has 0 radical (unpaired) electrons. The van der Waals surface area contributed by atoms with Crippen molar-refractivity contribution in [2.45, 2.75) is 13.8 Å². The summed E-state index contributed by atoms with van der Waals surface area (Å²) < 4.78 is 0. The molecule has 0 saturated carbocycles. The lowest BCUT2D eigenvalue weighted by Crippen LogP contribution is -2.33. The van der Waals surface area contributed by atoms with Crippen molar-refractivity contribution in [1.82, 2.24) is 15.6 Å². The van der Waals surface area contributed by atoms with Crippen LogP contribution in [0, 0.1) is 6.92 Å². The summed E-state index contributed by atoms with van der Waals surface area (Å²) in [6, 6.07) is 3.37. The van der Waals surface area contributed by atoms with E-state index in [4.69, 9.17) is 0 Å². The van der Waals surface area contributed by atoms with E-state index in [1.54, 1.807) is 18.3 Å². The first-order valence-corrected chi connectivity index (χ1v) is 5.05. The van der Waals surface area contributed by atoms with E-state index >= 15 is 0 Å². The second kappa shape index (κ2) is 5.85. The number of nitrogens with zero attached hydrogens (tertiary/aromatic N) is 1. The van der Waals surface area contributed by atoms with Crippen LogP contribution >= 0.6 is 0 Å². The zero-order valence-corrected chi connectivity index (χ0v) is 9.41. The van der Waals surface area contributed by atoms with Crippen LogP contribution in [0.3, 0.4) is 0 Å². The molecular formula is C11H15N3O2. The zero-order valence-electron chi connectivity index (χ0n) is 9.41. The Morgan fingerprint density at radius 1 is 1.31 bits per heavy atom. The number of carbonyl (C=O) groups excluding carboxylic acids is 2. The maximum atomic E-state index is 11.6. The van der Waals surface area contributed by atoms with Gasteiger partial charge in [0, 0.05) is 37.5 Å². The highest BCUT2D eigenvalue weighted by Crippen LogP contribution is 1.99. The van der Waals surface area contributed by atoms with E-state index in [2.05, 4.69) is 15.6 Å². The predicted molar refractivity (Wildman–Crippen MR) is 60.0 cm³/mol. The number of carbonyl (C=O) groups is 2. The SMILES string of the molecule is CC(=O)NCCNC(=O)c1ccnc(C)c1. The minimum atomic E-state index is -0.157. The molecule has 5 nitrogen and oxygen atoms in total. The maximum absolute atomic E-state index is 11.6. The molecule has 0 atom stereocenters. The number of hydrogen-bond acceptors (Lipinski definition) is 3. The molecule has 0 bridgehead atoms. The van der Waals surface area contributed by atoms with Crippen LogP contribution < -0.4 is 10.6 Å². The Hall–Kier alpha value is -1.91. The molecule has 0 unspecified atom stereocenters. The zero-order chi connectivity index (χ0) is 12.0. The molecule has 1 heterocycles. The standard InChI is InChI=1S/C11H15N3O2/c1-8-7-10(3-4-12-8)11(16)14-6-5-13-9(2)15/h3-4,7H,5-6H2,1-2H3,(H,13,15)(H,14,16). The number of aromatic nitrogens is 1. The van der Waals surface area contributed by atoms with E-state index in [1.807, 2.05) is 6.92 Å². The number of pyridine rings is 1. The quantitative estimate of drug-likeness (QED) is 0.716. The van der Waals surface area contributed by atoms with Crippen LogP contribution in [-0.4, -0.2) is 29.9 Å². The van der Waals surface area contributed by atoms with Gasteiger partial charge in [-0.2, -0.15) is 0 Å². The minimum absolute atomic E-state index is 0.103. The fourth-order valence-corrected chi connectivity index (χ4v) is 1.20. The van der Waals surface area contributed by atoms with Gasteiger partial charge in [-0.1, -0.05) is 0 Å². The third-order valence-corrected chi connectivity index (χ3v) is 1.94. The average molecular weight is 221 g/mol. The number of hydrogen-bond donors (Lipinski definition) is 2. The third-order valence-electron chi connectivity index (χ3n) is 1.94. The summed E-state index contributed by atoms with van der Waals surface area (Å²) in [5.41, 5.74) is 1.38. The molecule has 1 aromatic heterocycles. The van der Waals surface area contributed by atoms with Gasteiger partial charge in [0.25, 0.3) is 5.91 Å². The lowest BCUT2D eigenvalue weighted by Gasteiger charge is -2.05. The van der Waals surface area contributed by atoms with Crippen LogP contribution in [-0.2, 0) is 4.79 Å². The predicted octanol–water partition coefficient (Wildman–Crippen LogP) is 0.256. The molecule has 0 aliphatic carbocycles. The van der Waals surface area contributed by atoms with Gasteiger partial charge >= 0.3 is 0 Å². The summed E-state index contributed by atoms with van der Waals surface area (Å²) in [6.07, 6.45) is 1.60. The molecule has 16 heavy (non-hydrogen) atoms. The highest BCUT2D eigenvalue weighted by atomic mass is 16.2. The van der Waals surface area contributed by atoms with Gasteiger partial charge in [0.1, 0.15) is 0 Å². The average Bonchev–Trinajstić information content (AvgIpc) is 2.24. The van der Waals surface area contributed by atoms with Crippen molar-refractivity contribution in [1.29, 1.82) is 0 Å². The Kier molecular flexibility index (Phi) is 4.44. The molecule has 1 rings (SSSR count). The van der Waals surface area contributed by atoms with Crippen molar-refractivity contribution in [3.8, 4) is 0 Å². The molecule has 0 aromatic carbocycles. The Morgan fingerprint density at radius 2 is 2.00 bits per heavy atom. The van der Waals surface area contributed by atoms with Crippen LogP contribution in [0.25, 0.3) is 0 Å². The van der Waals surface area contributed by atoms with E-state index in [9.17, 15) is 9.59 Å². The van der Waals surface area contributed by atoms with Crippen molar-refractivity contribution in [2.75, 3.05) is 13.1 Å². The van der Waals surface area contributed by atoms with Crippen molar-refractivity contribution < 1.29 is 9.59 Å². The van der Waals surface area contributed by atoms with E-state index in [0.717, 1.165) is 5.69 Å². The Labute approximate surface area is 94.3 Å². The van der Waals surface area contributed by atoms with Gasteiger partial charge in [-0.25, -0.2) is 0 Å². The normalized spacial score (nSPS) is 9.62. The molecule has 0 spiro atoms. The Bertz CT molecular complexity index is 391. The lowest BCUT2D eigenvalue weighted by atomic mass is 10.2. The monoisotopic (exact) mass is 221 g/mol. The van der Waals surface area contributed by atoms with Gasteiger partial charge in [-0.05, 0) is 19.1 Å². The van der Waals surface area contributed by atoms with Crippen molar-refractivity contribution in [3.05, 3.63) is 29.6 Å². The second-order valence-corrected chi connectivity index (χ2v) is 3.42. The van der Waals surface area contributed by atoms with Crippen LogP contribution in [0.1, 0.15) is 23.0 Å². The maximum Gasteiger partial charge on any atom is 0.251 e. The van der Waals surface area contributed by atoms with E-state index in [1.165, 1.54) is 6.92 Å². The summed E-state index contributed by atoms with van der Waals surface area (Å²) in [5, 5.41) is 5.30. The first kappa shape index (κ1) is 12.2. The first-order chi connectivity index (χ1) is 7.59. The van der Waals surface area contributed by atoms with E-state index < -0.39 is 0 Å². The molecule has 2 N–H and O–H groups in total. The number of rotatable bonds is 4. The van der Waals surface area contributed by atoms with E-state index in [0.29, 0.717) is 18.7 Å². The highest BCUT2D eigenvalue weighted by Gasteiger charge is 2.04. The molecule has 0 fully saturated rings. The molecule has 5 heteroatoms. The molecule has 2 amide bonds. The van der Waals surface area contributed by atoms with Crippen molar-refractivity contribution in [3.63, 3.8) is 0 Å². The number of nitrogens with one attached hydrogen (secondary N) is 2. The fraction of sp³-hybridized carbons (Fsp3) is 0.364. The lowest BCUT2D eigenvalue weighted by molar-refractivity contribution is -0.118. The van der Waals surface area contributed by atoms with Gasteiger partial charge in [0.05, 0.1) is 0 Å². The van der Waals surface area contributed by atoms with Gasteiger partial charge in [-0.3, -0.25) is 14.6 Å². The van der Waals surface area contributed by atoms with Crippen LogP contribution in [0.2, 0.25) is 0 Å². The van der Waals surface area contributed by atoms with Crippen LogP contribution in [0.5, 0.6) is 0 Å². The molecular weight excluding hydrogens is 206 g/mol. The molecule has 86 valence electrons. The van der Waals surface area contributed by atoms with Gasteiger partial charge in [0.2, 0.25) is 5.91 Å². The van der Waals surface area contributed by atoms with E-state index in [-0.39, 0.29) is 11.8 Å². The Morgan fingerprint density at radius 3 is 2.62 bits per heavy atom. The summed E-state index contributed by atoms with van der Waals surface area (Å²) in [4.78, 5) is 26.2. The van der Waals surface area contributed by atoms with Crippen molar-refractivity contribution in [2.24, 2.45) is 0 Å². The number of aryl methyl sites for hydroxylation is 1. The number of amides is 2. The topological polar surface area (TPSA) is 71.1 Å². The second-order valence-electron chi connectivity index (χ2n) is 3.42. The summed E-state index contributed by atoms with van der Waals surface area (Å²) >= 11 is 0. The molecule has 0 aliphatic heterocycles. The van der Waals surface area contributed by atoms with Crippen molar-refractivity contribution >= 4 is 11.8 Å². The molecule has 1 aromatic rings. The summed E-state index contributed by atoms with van der Waals surface area (Å²) in [6.45, 7) is 4.12. The molecule has 0 saturated heterocycles. The Balaban J connectivity index is 2.38. The van der Waals surface area contributed by atoms with Crippen LogP contribution in [0.15, 0.2) is 18.3 Å². The molecule has 0 aliphatic rings. The van der Waals surface area contributed by atoms with Crippen LogP contribution in [0.4, 0.5) is 0 Å². The largest absolute Gasteiger partial charge is 0.355 e.